The first-order chi connectivity index (χ1) is 5.46. The highest BCUT2D eigenvalue weighted by Gasteiger charge is 2.39. The molecule has 70 valence electrons. The van der Waals surface area contributed by atoms with E-state index in [0.717, 1.165) is 19.5 Å². The Hall–Kier alpha value is -0.370. The van der Waals surface area contributed by atoms with Crippen molar-refractivity contribution >= 4 is 5.78 Å². The summed E-state index contributed by atoms with van der Waals surface area (Å²) in [5.74, 6) is 0.605. The Balaban J connectivity index is 2.67. The summed E-state index contributed by atoms with van der Waals surface area (Å²) in [6, 6.07) is 0. The zero-order valence-corrected chi connectivity index (χ0v) is 8.55. The summed E-state index contributed by atoms with van der Waals surface area (Å²) >= 11 is 0. The summed E-state index contributed by atoms with van der Waals surface area (Å²) in [6.45, 7) is 8.08. The van der Waals surface area contributed by atoms with Gasteiger partial charge in [0.05, 0.1) is 0 Å². The molecule has 0 aliphatic carbocycles. The zero-order chi connectivity index (χ0) is 9.35. The van der Waals surface area contributed by atoms with E-state index in [1.807, 2.05) is 13.8 Å². The number of hydrogen-bond donors (Lipinski definition) is 0. The number of rotatable bonds is 2. The standard InChI is InChI=1S/C10H19NO/c1-8(2)9(12)10(3)5-6-11(4)7-10/h8H,5-7H2,1-4H3. The van der Waals surface area contributed by atoms with E-state index < -0.39 is 0 Å². The lowest BCUT2D eigenvalue weighted by Crippen LogP contribution is -2.33. The summed E-state index contributed by atoms with van der Waals surface area (Å²) in [5.41, 5.74) is -0.0666. The maximum Gasteiger partial charge on any atom is 0.142 e. The van der Waals surface area contributed by atoms with Gasteiger partial charge < -0.3 is 4.90 Å². The highest BCUT2D eigenvalue weighted by Crippen LogP contribution is 2.32. The van der Waals surface area contributed by atoms with Gasteiger partial charge in [-0.05, 0) is 20.0 Å². The molecule has 1 aliphatic heterocycles. The van der Waals surface area contributed by atoms with Crippen molar-refractivity contribution in [3.05, 3.63) is 0 Å². The van der Waals surface area contributed by atoms with Crippen LogP contribution in [0.5, 0.6) is 0 Å². The van der Waals surface area contributed by atoms with E-state index in [-0.39, 0.29) is 11.3 Å². The van der Waals surface area contributed by atoms with Crippen molar-refractivity contribution in [3.63, 3.8) is 0 Å². The molecule has 0 aromatic carbocycles. The minimum absolute atomic E-state index is 0.0666. The topological polar surface area (TPSA) is 20.3 Å². The van der Waals surface area contributed by atoms with E-state index in [2.05, 4.69) is 18.9 Å². The van der Waals surface area contributed by atoms with E-state index in [4.69, 9.17) is 0 Å². The predicted octanol–water partition coefficient (Wildman–Crippen LogP) is 1.55. The maximum atomic E-state index is 11.8. The monoisotopic (exact) mass is 169 g/mol. The Bertz CT molecular complexity index is 188. The number of carbonyl (C=O) groups excluding carboxylic acids is 1. The van der Waals surface area contributed by atoms with Gasteiger partial charge in [0.1, 0.15) is 5.78 Å². The van der Waals surface area contributed by atoms with Crippen molar-refractivity contribution < 1.29 is 4.79 Å². The fraction of sp³-hybridized carbons (Fsp3) is 0.900. The molecule has 0 N–H and O–H groups in total. The lowest BCUT2D eigenvalue weighted by atomic mass is 9.80. The van der Waals surface area contributed by atoms with E-state index in [1.54, 1.807) is 0 Å². The molecule has 0 amide bonds. The molecule has 1 heterocycles. The molecule has 2 heteroatoms. The fourth-order valence-electron chi connectivity index (χ4n) is 2.09. The third-order valence-corrected chi connectivity index (χ3v) is 2.78. The molecule has 0 radical (unpaired) electrons. The zero-order valence-electron chi connectivity index (χ0n) is 8.55. The quantitative estimate of drug-likeness (QED) is 0.625. The highest BCUT2D eigenvalue weighted by molar-refractivity contribution is 5.86. The molecule has 1 atom stereocenters. The number of carbonyl (C=O) groups is 1. The Kier molecular flexibility index (Phi) is 2.57. The third-order valence-electron chi connectivity index (χ3n) is 2.78. The van der Waals surface area contributed by atoms with Crippen molar-refractivity contribution in [1.29, 1.82) is 0 Å². The summed E-state index contributed by atoms with van der Waals surface area (Å²) in [7, 11) is 2.08. The van der Waals surface area contributed by atoms with Crippen LogP contribution in [0, 0.1) is 11.3 Å². The van der Waals surface area contributed by atoms with Crippen LogP contribution in [0.3, 0.4) is 0 Å². The number of nitrogens with zero attached hydrogens (tertiary/aromatic N) is 1. The Morgan fingerprint density at radius 3 is 2.42 bits per heavy atom. The average Bonchev–Trinajstić information content (AvgIpc) is 2.31. The van der Waals surface area contributed by atoms with Crippen LogP contribution in [0.15, 0.2) is 0 Å². The molecule has 0 aromatic rings. The van der Waals surface area contributed by atoms with Gasteiger partial charge >= 0.3 is 0 Å². The molecule has 1 saturated heterocycles. The highest BCUT2D eigenvalue weighted by atomic mass is 16.1. The predicted molar refractivity (Wildman–Crippen MR) is 50.1 cm³/mol. The number of ketones is 1. The van der Waals surface area contributed by atoms with Crippen molar-refractivity contribution in [3.8, 4) is 0 Å². The first kappa shape index (κ1) is 9.72. The lowest BCUT2D eigenvalue weighted by Gasteiger charge is -2.24. The fourth-order valence-corrected chi connectivity index (χ4v) is 2.09. The van der Waals surface area contributed by atoms with Crippen LogP contribution in [0.25, 0.3) is 0 Å². The van der Waals surface area contributed by atoms with Crippen LogP contribution in [-0.2, 0) is 4.79 Å². The van der Waals surface area contributed by atoms with Crippen LogP contribution in [0.2, 0.25) is 0 Å². The first-order valence-electron chi connectivity index (χ1n) is 4.68. The second-order valence-corrected chi connectivity index (χ2v) is 4.57. The summed E-state index contributed by atoms with van der Waals surface area (Å²) in [6.07, 6.45) is 1.03. The smallest absolute Gasteiger partial charge is 0.142 e. The molecule has 1 fully saturated rings. The van der Waals surface area contributed by atoms with Gasteiger partial charge in [-0.1, -0.05) is 20.8 Å². The van der Waals surface area contributed by atoms with E-state index in [9.17, 15) is 4.79 Å². The van der Waals surface area contributed by atoms with Crippen molar-refractivity contribution in [2.45, 2.75) is 27.2 Å². The second-order valence-electron chi connectivity index (χ2n) is 4.57. The van der Waals surface area contributed by atoms with Gasteiger partial charge in [-0.3, -0.25) is 4.79 Å². The first-order valence-corrected chi connectivity index (χ1v) is 4.68. The van der Waals surface area contributed by atoms with Crippen LogP contribution in [-0.4, -0.2) is 30.8 Å². The van der Waals surface area contributed by atoms with Crippen LogP contribution < -0.4 is 0 Å². The second kappa shape index (κ2) is 3.17. The molecule has 12 heavy (non-hydrogen) atoms. The minimum Gasteiger partial charge on any atom is -0.305 e. The summed E-state index contributed by atoms with van der Waals surface area (Å²) in [5, 5.41) is 0. The van der Waals surface area contributed by atoms with Crippen LogP contribution in [0.4, 0.5) is 0 Å². The Labute approximate surface area is 74.9 Å². The molecule has 0 spiro atoms. The molecule has 2 nitrogen and oxygen atoms in total. The Morgan fingerprint density at radius 1 is 1.50 bits per heavy atom. The van der Waals surface area contributed by atoms with Gasteiger partial charge in [0.25, 0.3) is 0 Å². The van der Waals surface area contributed by atoms with Gasteiger partial charge in [0, 0.05) is 17.9 Å². The lowest BCUT2D eigenvalue weighted by molar-refractivity contribution is -0.130. The van der Waals surface area contributed by atoms with Crippen molar-refractivity contribution in [1.82, 2.24) is 4.90 Å². The van der Waals surface area contributed by atoms with Gasteiger partial charge in [-0.15, -0.1) is 0 Å². The number of hydrogen-bond acceptors (Lipinski definition) is 2. The number of Topliss-reactive ketones (excluding diaryl/α,β-unsaturated/α-hetero) is 1. The number of likely N-dealkylation sites (tertiary alicyclic amines) is 1. The van der Waals surface area contributed by atoms with Crippen LogP contribution in [0.1, 0.15) is 27.2 Å². The maximum absolute atomic E-state index is 11.8. The largest absolute Gasteiger partial charge is 0.305 e. The van der Waals surface area contributed by atoms with E-state index in [1.165, 1.54) is 0 Å². The average molecular weight is 169 g/mol. The molecule has 0 aromatic heterocycles. The Morgan fingerprint density at radius 2 is 2.08 bits per heavy atom. The molecule has 0 bridgehead atoms. The molecule has 1 unspecified atom stereocenters. The SMILES string of the molecule is CC(C)C(=O)C1(C)CCN(C)C1. The minimum atomic E-state index is -0.0666. The molecule has 1 aliphatic rings. The molecule has 0 saturated carbocycles. The van der Waals surface area contributed by atoms with E-state index in [0.29, 0.717) is 5.78 Å². The summed E-state index contributed by atoms with van der Waals surface area (Å²) < 4.78 is 0. The van der Waals surface area contributed by atoms with Crippen molar-refractivity contribution in [2.75, 3.05) is 20.1 Å². The summed E-state index contributed by atoms with van der Waals surface area (Å²) in [4.78, 5) is 14.0. The van der Waals surface area contributed by atoms with Crippen LogP contribution >= 0.6 is 0 Å². The van der Waals surface area contributed by atoms with E-state index >= 15 is 0 Å². The third kappa shape index (κ3) is 1.69. The molecular formula is C10H19NO. The normalized spacial score (nSPS) is 31.4. The van der Waals surface area contributed by atoms with Gasteiger partial charge in [-0.25, -0.2) is 0 Å². The molecular weight excluding hydrogens is 150 g/mol. The van der Waals surface area contributed by atoms with Gasteiger partial charge in [0.15, 0.2) is 0 Å². The van der Waals surface area contributed by atoms with Gasteiger partial charge in [-0.2, -0.15) is 0 Å². The molecule has 1 rings (SSSR count). The van der Waals surface area contributed by atoms with Crippen molar-refractivity contribution in [2.24, 2.45) is 11.3 Å². The van der Waals surface area contributed by atoms with Gasteiger partial charge in [0.2, 0.25) is 0 Å².